The predicted octanol–water partition coefficient (Wildman–Crippen LogP) is 3.11. The van der Waals surface area contributed by atoms with Crippen LogP contribution in [0.1, 0.15) is 25.7 Å². The summed E-state index contributed by atoms with van der Waals surface area (Å²) in [5.41, 5.74) is 0. The molecule has 4 heteroatoms. The maximum Gasteiger partial charge on any atom is 0.228 e. The average molecular weight is 251 g/mol. The molecule has 3 nitrogen and oxygen atoms in total. The minimum Gasteiger partial charge on any atom is -0.309 e. The second-order valence-corrected chi connectivity index (χ2v) is 5.51. The van der Waals surface area contributed by atoms with Crippen LogP contribution in [0.3, 0.4) is 0 Å². The van der Waals surface area contributed by atoms with Gasteiger partial charge in [0.25, 0.3) is 0 Å². The van der Waals surface area contributed by atoms with Crippen molar-refractivity contribution in [1.29, 1.82) is 0 Å². The Morgan fingerprint density at radius 1 is 1.41 bits per heavy atom. The summed E-state index contributed by atoms with van der Waals surface area (Å²) < 4.78 is 0. The van der Waals surface area contributed by atoms with Gasteiger partial charge < -0.3 is 5.32 Å². The molecule has 0 aliphatic heterocycles. The Bertz CT molecular complexity index is 449. The minimum absolute atomic E-state index is 0.0952. The van der Waals surface area contributed by atoms with E-state index in [-0.39, 0.29) is 11.8 Å². The molecule has 2 aliphatic carbocycles. The van der Waals surface area contributed by atoms with Gasteiger partial charge in [-0.2, -0.15) is 0 Å². The Balaban J connectivity index is 1.70. The van der Waals surface area contributed by atoms with E-state index in [1.165, 1.54) is 19.3 Å². The molecule has 1 aromatic rings. The molecule has 0 saturated heterocycles. The van der Waals surface area contributed by atoms with Gasteiger partial charge in [0.15, 0.2) is 5.82 Å². The predicted molar refractivity (Wildman–Crippen MR) is 66.8 cm³/mol. The molecular weight excluding hydrogens is 236 g/mol. The zero-order valence-corrected chi connectivity index (χ0v) is 10.3. The van der Waals surface area contributed by atoms with E-state index in [0.29, 0.717) is 16.8 Å². The van der Waals surface area contributed by atoms with Crippen molar-refractivity contribution in [3.63, 3.8) is 0 Å². The molecule has 0 unspecified atom stereocenters. The van der Waals surface area contributed by atoms with Gasteiger partial charge in [0.05, 0.1) is 5.02 Å². The third-order valence-electron chi connectivity index (χ3n) is 4.07. The summed E-state index contributed by atoms with van der Waals surface area (Å²) in [5.74, 6) is 2.11. The molecule has 17 heavy (non-hydrogen) atoms. The molecular formula is C13H15ClN2O. The Hall–Kier alpha value is -1.09. The molecule has 2 aliphatic rings. The molecule has 2 bridgehead atoms. The molecule has 3 atom stereocenters. The largest absolute Gasteiger partial charge is 0.309 e. The van der Waals surface area contributed by atoms with Gasteiger partial charge in [-0.3, -0.25) is 4.79 Å². The van der Waals surface area contributed by atoms with Gasteiger partial charge in [-0.1, -0.05) is 18.0 Å². The van der Waals surface area contributed by atoms with E-state index >= 15 is 0 Å². The van der Waals surface area contributed by atoms with Gasteiger partial charge in [-0.05, 0) is 43.2 Å². The molecule has 3 rings (SSSR count). The Morgan fingerprint density at radius 2 is 2.29 bits per heavy atom. The Labute approximate surface area is 106 Å². The number of aromatic nitrogens is 1. The molecule has 90 valence electrons. The first-order valence-electron chi connectivity index (χ1n) is 6.15. The summed E-state index contributed by atoms with van der Waals surface area (Å²) >= 11 is 5.98. The summed E-state index contributed by atoms with van der Waals surface area (Å²) in [6.45, 7) is 0. The third-order valence-corrected chi connectivity index (χ3v) is 4.38. The fraction of sp³-hybridized carbons (Fsp3) is 0.538. The fourth-order valence-corrected chi connectivity index (χ4v) is 3.42. The average Bonchev–Trinajstić information content (AvgIpc) is 2.94. The van der Waals surface area contributed by atoms with Crippen molar-refractivity contribution in [2.24, 2.45) is 17.8 Å². The normalized spacial score (nSPS) is 30.5. The Kier molecular flexibility index (Phi) is 2.79. The molecule has 1 heterocycles. The summed E-state index contributed by atoms with van der Waals surface area (Å²) in [5, 5.41) is 3.36. The topological polar surface area (TPSA) is 42.0 Å². The smallest absolute Gasteiger partial charge is 0.228 e. The van der Waals surface area contributed by atoms with Gasteiger partial charge in [-0.25, -0.2) is 4.98 Å². The lowest BCUT2D eigenvalue weighted by molar-refractivity contribution is -0.121. The summed E-state index contributed by atoms with van der Waals surface area (Å²) in [6.07, 6.45) is 6.43. The van der Waals surface area contributed by atoms with Crippen LogP contribution >= 0.6 is 11.6 Å². The standard InChI is InChI=1S/C13H15ClN2O/c14-11-2-1-5-15-12(11)16-13(17)10-7-8-3-4-9(10)6-8/h1-2,5,8-10H,3-4,6-7H2,(H,15,16,17)/t8-,9+,10-/m0/s1. The number of hydrogen-bond acceptors (Lipinski definition) is 2. The second kappa shape index (κ2) is 4.30. The molecule has 1 N–H and O–H groups in total. The summed E-state index contributed by atoms with van der Waals surface area (Å²) in [7, 11) is 0. The maximum absolute atomic E-state index is 12.1. The molecule has 0 aromatic carbocycles. The van der Waals surface area contributed by atoms with Gasteiger partial charge in [0, 0.05) is 12.1 Å². The lowest BCUT2D eigenvalue weighted by Gasteiger charge is -2.20. The first-order chi connectivity index (χ1) is 8.24. The Morgan fingerprint density at radius 3 is 2.94 bits per heavy atom. The molecule has 0 spiro atoms. The van der Waals surface area contributed by atoms with Crippen LogP contribution in [0.2, 0.25) is 5.02 Å². The van der Waals surface area contributed by atoms with Crippen molar-refractivity contribution in [3.8, 4) is 0 Å². The molecule has 2 fully saturated rings. The monoisotopic (exact) mass is 250 g/mol. The van der Waals surface area contributed by atoms with Gasteiger partial charge >= 0.3 is 0 Å². The second-order valence-electron chi connectivity index (χ2n) is 5.10. The van der Waals surface area contributed by atoms with E-state index in [9.17, 15) is 4.79 Å². The lowest BCUT2D eigenvalue weighted by Crippen LogP contribution is -2.27. The van der Waals surface area contributed by atoms with Crippen LogP contribution < -0.4 is 5.32 Å². The van der Waals surface area contributed by atoms with Crippen molar-refractivity contribution >= 4 is 23.3 Å². The highest BCUT2D eigenvalue weighted by Crippen LogP contribution is 2.48. The zero-order chi connectivity index (χ0) is 11.8. The highest BCUT2D eigenvalue weighted by Gasteiger charge is 2.43. The summed E-state index contributed by atoms with van der Waals surface area (Å²) in [4.78, 5) is 16.2. The van der Waals surface area contributed by atoms with E-state index in [0.717, 1.165) is 12.3 Å². The van der Waals surface area contributed by atoms with Crippen LogP contribution in [0, 0.1) is 17.8 Å². The first-order valence-corrected chi connectivity index (χ1v) is 6.53. The van der Waals surface area contributed by atoms with Gasteiger partial charge in [0.2, 0.25) is 5.91 Å². The van der Waals surface area contributed by atoms with Crippen LogP contribution in [-0.2, 0) is 4.79 Å². The van der Waals surface area contributed by atoms with Crippen LogP contribution in [0.4, 0.5) is 5.82 Å². The summed E-state index contributed by atoms with van der Waals surface area (Å²) in [6, 6.07) is 3.50. The number of hydrogen-bond donors (Lipinski definition) is 1. The van der Waals surface area contributed by atoms with E-state index in [1.807, 2.05) is 0 Å². The van der Waals surface area contributed by atoms with Crippen LogP contribution in [0.5, 0.6) is 0 Å². The number of amides is 1. The number of fused-ring (bicyclic) bond motifs is 2. The van der Waals surface area contributed by atoms with E-state index < -0.39 is 0 Å². The number of halogens is 1. The first kappa shape index (κ1) is 11.0. The van der Waals surface area contributed by atoms with Crippen molar-refractivity contribution in [1.82, 2.24) is 4.98 Å². The molecule has 0 radical (unpaired) electrons. The number of pyridine rings is 1. The fourth-order valence-electron chi connectivity index (χ4n) is 3.25. The van der Waals surface area contributed by atoms with Crippen molar-refractivity contribution in [2.45, 2.75) is 25.7 Å². The highest BCUT2D eigenvalue weighted by molar-refractivity contribution is 6.33. The maximum atomic E-state index is 12.1. The SMILES string of the molecule is O=C(Nc1ncccc1Cl)[C@H]1C[C@H]2CC[C@@H]1C2. The number of carbonyl (C=O) groups is 1. The lowest BCUT2D eigenvalue weighted by atomic mass is 9.88. The number of rotatable bonds is 2. The highest BCUT2D eigenvalue weighted by atomic mass is 35.5. The number of anilines is 1. The number of nitrogens with zero attached hydrogens (tertiary/aromatic N) is 1. The minimum atomic E-state index is 0.0952. The van der Waals surface area contributed by atoms with Crippen LogP contribution in [-0.4, -0.2) is 10.9 Å². The van der Waals surface area contributed by atoms with Crippen molar-refractivity contribution in [2.75, 3.05) is 5.32 Å². The van der Waals surface area contributed by atoms with Gasteiger partial charge in [-0.15, -0.1) is 0 Å². The van der Waals surface area contributed by atoms with Gasteiger partial charge in [0.1, 0.15) is 0 Å². The number of nitrogens with one attached hydrogen (secondary N) is 1. The van der Waals surface area contributed by atoms with E-state index in [1.54, 1.807) is 18.3 Å². The third kappa shape index (κ3) is 2.04. The molecule has 1 amide bonds. The number of carbonyl (C=O) groups excluding carboxylic acids is 1. The quantitative estimate of drug-likeness (QED) is 0.876. The van der Waals surface area contributed by atoms with Crippen LogP contribution in [0.15, 0.2) is 18.3 Å². The van der Waals surface area contributed by atoms with E-state index in [4.69, 9.17) is 11.6 Å². The van der Waals surface area contributed by atoms with Crippen molar-refractivity contribution in [3.05, 3.63) is 23.4 Å². The van der Waals surface area contributed by atoms with Crippen LogP contribution in [0.25, 0.3) is 0 Å². The zero-order valence-electron chi connectivity index (χ0n) is 9.53. The van der Waals surface area contributed by atoms with E-state index in [2.05, 4.69) is 10.3 Å². The molecule has 2 saturated carbocycles. The molecule has 1 aromatic heterocycles. The van der Waals surface area contributed by atoms with Crippen molar-refractivity contribution < 1.29 is 4.79 Å².